The Balaban J connectivity index is 1.98. The highest BCUT2D eigenvalue weighted by atomic mass is 32.2. The van der Waals surface area contributed by atoms with Crippen molar-refractivity contribution in [2.75, 3.05) is 28.7 Å². The van der Waals surface area contributed by atoms with Crippen molar-refractivity contribution < 1.29 is 8.42 Å². The average molecular weight is 312 g/mol. The first kappa shape index (κ1) is 16.0. The summed E-state index contributed by atoms with van der Waals surface area (Å²) < 4.78 is 23.0. The molecule has 7 heteroatoms. The van der Waals surface area contributed by atoms with Crippen LogP contribution in [-0.4, -0.2) is 42.5 Å². The van der Waals surface area contributed by atoms with Crippen LogP contribution in [0.5, 0.6) is 0 Å². The van der Waals surface area contributed by atoms with Crippen LogP contribution in [0.1, 0.15) is 32.4 Å². The SMILES string of the molecule is Cc1cc(NC2CCS(=O)(=O)C2)nc(NCCC(C)C)n1. The van der Waals surface area contributed by atoms with E-state index in [0.717, 1.165) is 18.7 Å². The van der Waals surface area contributed by atoms with Crippen LogP contribution in [0.4, 0.5) is 11.8 Å². The zero-order valence-electron chi connectivity index (χ0n) is 12.9. The fourth-order valence-electron chi connectivity index (χ4n) is 2.31. The number of nitrogens with zero attached hydrogens (tertiary/aromatic N) is 2. The van der Waals surface area contributed by atoms with Crippen LogP contribution in [0.2, 0.25) is 0 Å². The fourth-order valence-corrected chi connectivity index (χ4v) is 3.99. The molecule has 1 fully saturated rings. The molecule has 1 aromatic heterocycles. The van der Waals surface area contributed by atoms with E-state index in [1.165, 1.54) is 0 Å². The fraction of sp³-hybridized carbons (Fsp3) is 0.714. The van der Waals surface area contributed by atoms with E-state index in [1.54, 1.807) is 0 Å². The summed E-state index contributed by atoms with van der Waals surface area (Å²) in [5.41, 5.74) is 0.861. The number of sulfone groups is 1. The van der Waals surface area contributed by atoms with Gasteiger partial charge in [-0.3, -0.25) is 0 Å². The van der Waals surface area contributed by atoms with Gasteiger partial charge in [-0.25, -0.2) is 13.4 Å². The molecule has 1 saturated heterocycles. The molecule has 118 valence electrons. The van der Waals surface area contributed by atoms with Gasteiger partial charge in [0, 0.05) is 24.3 Å². The quantitative estimate of drug-likeness (QED) is 0.834. The number of rotatable bonds is 6. The molecule has 0 aliphatic carbocycles. The van der Waals surface area contributed by atoms with E-state index < -0.39 is 9.84 Å². The Kier molecular flexibility index (Phi) is 5.03. The number of aromatic nitrogens is 2. The minimum atomic E-state index is -2.88. The van der Waals surface area contributed by atoms with E-state index in [2.05, 4.69) is 34.4 Å². The van der Waals surface area contributed by atoms with Gasteiger partial charge in [0.1, 0.15) is 5.82 Å². The molecule has 1 atom stereocenters. The third-order valence-corrected chi connectivity index (χ3v) is 5.21. The summed E-state index contributed by atoms with van der Waals surface area (Å²) in [6.45, 7) is 7.09. The highest BCUT2D eigenvalue weighted by Crippen LogP contribution is 2.17. The Bertz CT molecular complexity index is 587. The molecule has 21 heavy (non-hydrogen) atoms. The molecular weight excluding hydrogens is 288 g/mol. The first-order chi connectivity index (χ1) is 9.84. The molecule has 0 saturated carbocycles. The summed E-state index contributed by atoms with van der Waals surface area (Å²) in [5, 5.41) is 6.42. The van der Waals surface area contributed by atoms with Gasteiger partial charge in [0.15, 0.2) is 9.84 Å². The number of anilines is 2. The van der Waals surface area contributed by atoms with Crippen LogP contribution < -0.4 is 10.6 Å². The van der Waals surface area contributed by atoms with Crippen molar-refractivity contribution in [1.82, 2.24) is 9.97 Å². The van der Waals surface area contributed by atoms with Crippen molar-refractivity contribution in [2.45, 2.75) is 39.7 Å². The van der Waals surface area contributed by atoms with Gasteiger partial charge in [-0.05, 0) is 25.7 Å². The van der Waals surface area contributed by atoms with Gasteiger partial charge in [-0.2, -0.15) is 4.98 Å². The second kappa shape index (κ2) is 6.60. The lowest BCUT2D eigenvalue weighted by atomic mass is 10.1. The summed E-state index contributed by atoms with van der Waals surface area (Å²) in [6.07, 6.45) is 1.70. The van der Waals surface area contributed by atoms with E-state index in [4.69, 9.17) is 0 Å². The van der Waals surface area contributed by atoms with E-state index in [9.17, 15) is 8.42 Å². The average Bonchev–Trinajstić information content (AvgIpc) is 2.67. The smallest absolute Gasteiger partial charge is 0.224 e. The summed E-state index contributed by atoms with van der Waals surface area (Å²) in [5.74, 6) is 2.36. The summed E-state index contributed by atoms with van der Waals surface area (Å²) in [6, 6.07) is 1.80. The molecule has 2 N–H and O–H groups in total. The van der Waals surface area contributed by atoms with Crippen molar-refractivity contribution in [2.24, 2.45) is 5.92 Å². The highest BCUT2D eigenvalue weighted by molar-refractivity contribution is 7.91. The minimum absolute atomic E-state index is 0.0483. The van der Waals surface area contributed by atoms with Crippen molar-refractivity contribution in [3.05, 3.63) is 11.8 Å². The number of hydrogen-bond donors (Lipinski definition) is 2. The Morgan fingerprint density at radius 3 is 2.76 bits per heavy atom. The van der Waals surface area contributed by atoms with Gasteiger partial charge in [-0.1, -0.05) is 13.8 Å². The van der Waals surface area contributed by atoms with Gasteiger partial charge >= 0.3 is 0 Å². The third kappa shape index (κ3) is 5.15. The maximum absolute atomic E-state index is 11.5. The number of hydrogen-bond acceptors (Lipinski definition) is 6. The van der Waals surface area contributed by atoms with Gasteiger partial charge in [-0.15, -0.1) is 0 Å². The standard InChI is InChI=1S/C14H24N4O2S/c1-10(2)4-6-15-14-16-11(3)8-13(18-14)17-12-5-7-21(19,20)9-12/h8,10,12H,4-7,9H2,1-3H3,(H2,15,16,17,18). The minimum Gasteiger partial charge on any atom is -0.366 e. The van der Waals surface area contributed by atoms with E-state index in [0.29, 0.717) is 24.1 Å². The van der Waals surface area contributed by atoms with Crippen LogP contribution in [-0.2, 0) is 9.84 Å². The zero-order chi connectivity index (χ0) is 15.5. The monoisotopic (exact) mass is 312 g/mol. The van der Waals surface area contributed by atoms with E-state index in [-0.39, 0.29) is 17.5 Å². The molecule has 0 spiro atoms. The molecular formula is C14H24N4O2S. The second-order valence-electron chi connectivity index (χ2n) is 6.07. The number of aryl methyl sites for hydroxylation is 1. The molecule has 6 nitrogen and oxygen atoms in total. The summed E-state index contributed by atoms with van der Waals surface area (Å²) in [7, 11) is -2.88. The van der Waals surface area contributed by atoms with Crippen LogP contribution in [0.15, 0.2) is 6.07 Å². The Hall–Kier alpha value is -1.37. The molecule has 2 rings (SSSR count). The second-order valence-corrected chi connectivity index (χ2v) is 8.30. The third-order valence-electron chi connectivity index (χ3n) is 3.44. The highest BCUT2D eigenvalue weighted by Gasteiger charge is 2.28. The summed E-state index contributed by atoms with van der Waals surface area (Å²) in [4.78, 5) is 8.77. The van der Waals surface area contributed by atoms with Crippen molar-refractivity contribution in [1.29, 1.82) is 0 Å². The first-order valence-corrected chi connectivity index (χ1v) is 9.23. The molecule has 2 heterocycles. The van der Waals surface area contributed by atoms with Crippen LogP contribution in [0, 0.1) is 12.8 Å². The molecule has 1 aliphatic rings. The molecule has 0 amide bonds. The Morgan fingerprint density at radius 1 is 1.38 bits per heavy atom. The predicted octanol–water partition coefficient (Wildman–Crippen LogP) is 1.84. The van der Waals surface area contributed by atoms with Crippen molar-refractivity contribution in [3.8, 4) is 0 Å². The largest absolute Gasteiger partial charge is 0.366 e. The van der Waals surface area contributed by atoms with Crippen molar-refractivity contribution in [3.63, 3.8) is 0 Å². The summed E-state index contributed by atoms with van der Waals surface area (Å²) >= 11 is 0. The van der Waals surface area contributed by atoms with Gasteiger partial charge in [0.25, 0.3) is 0 Å². The van der Waals surface area contributed by atoms with E-state index in [1.807, 2.05) is 13.0 Å². The van der Waals surface area contributed by atoms with E-state index >= 15 is 0 Å². The topological polar surface area (TPSA) is 84.0 Å². The lowest BCUT2D eigenvalue weighted by molar-refractivity contribution is 0.602. The van der Waals surface area contributed by atoms with Crippen LogP contribution in [0.3, 0.4) is 0 Å². The Labute approximate surface area is 126 Å². The van der Waals surface area contributed by atoms with Gasteiger partial charge in [0.2, 0.25) is 5.95 Å². The van der Waals surface area contributed by atoms with Crippen LogP contribution in [0.25, 0.3) is 0 Å². The molecule has 1 unspecified atom stereocenters. The Morgan fingerprint density at radius 2 is 2.14 bits per heavy atom. The zero-order valence-corrected chi connectivity index (χ0v) is 13.7. The lowest BCUT2D eigenvalue weighted by Gasteiger charge is -2.14. The maximum Gasteiger partial charge on any atom is 0.224 e. The predicted molar refractivity (Wildman–Crippen MR) is 85.4 cm³/mol. The van der Waals surface area contributed by atoms with Crippen LogP contribution >= 0.6 is 0 Å². The van der Waals surface area contributed by atoms with Gasteiger partial charge in [0.05, 0.1) is 11.5 Å². The van der Waals surface area contributed by atoms with Gasteiger partial charge < -0.3 is 10.6 Å². The normalized spacial score (nSPS) is 20.7. The molecule has 0 bridgehead atoms. The molecule has 1 aliphatic heterocycles. The maximum atomic E-state index is 11.5. The lowest BCUT2D eigenvalue weighted by Crippen LogP contribution is -2.22. The molecule has 1 aromatic rings. The van der Waals surface area contributed by atoms with Crippen molar-refractivity contribution >= 4 is 21.6 Å². The molecule has 0 radical (unpaired) electrons. The molecule has 0 aromatic carbocycles. The number of nitrogens with one attached hydrogen (secondary N) is 2. The first-order valence-electron chi connectivity index (χ1n) is 7.40.